The number of pyridine rings is 1. The Morgan fingerprint density at radius 1 is 1.28 bits per heavy atom. The molecule has 1 aromatic carbocycles. The van der Waals surface area contributed by atoms with Crippen LogP contribution in [0.5, 0.6) is 0 Å². The second-order valence-electron chi connectivity index (χ2n) is 4.27. The quantitative estimate of drug-likeness (QED) is 0.860. The van der Waals surface area contributed by atoms with E-state index in [2.05, 4.69) is 11.9 Å². The van der Waals surface area contributed by atoms with Gasteiger partial charge in [0.05, 0.1) is 11.1 Å². The van der Waals surface area contributed by atoms with Crippen molar-refractivity contribution in [3.05, 3.63) is 53.2 Å². The molecule has 0 bridgehead atoms. The molecule has 1 aromatic heterocycles. The van der Waals surface area contributed by atoms with Gasteiger partial charge in [-0.25, -0.2) is 4.98 Å². The van der Waals surface area contributed by atoms with Gasteiger partial charge in [-0.05, 0) is 36.8 Å². The normalized spacial score (nSPS) is 12.2. The van der Waals surface area contributed by atoms with Gasteiger partial charge in [0.25, 0.3) is 0 Å². The first-order chi connectivity index (χ1) is 8.59. The van der Waals surface area contributed by atoms with Crippen LogP contribution in [0.2, 0.25) is 5.02 Å². The number of nitrogen functional groups attached to an aromatic ring is 1. The Balaban J connectivity index is 2.29. The SMILES string of the molecule is CC(c1cccc(N)c1)N(C)c1ncccc1Cl. The molecule has 4 heteroatoms. The van der Waals surface area contributed by atoms with Crippen molar-refractivity contribution in [1.29, 1.82) is 0 Å². The van der Waals surface area contributed by atoms with Crippen molar-refractivity contribution in [3.63, 3.8) is 0 Å². The molecule has 2 rings (SSSR count). The third-order valence-electron chi connectivity index (χ3n) is 3.05. The third kappa shape index (κ3) is 2.57. The molecule has 0 saturated heterocycles. The number of hydrogen-bond acceptors (Lipinski definition) is 3. The number of halogens is 1. The number of anilines is 2. The fraction of sp³-hybridized carbons (Fsp3) is 0.214. The zero-order chi connectivity index (χ0) is 13.1. The number of benzene rings is 1. The molecule has 0 radical (unpaired) electrons. The lowest BCUT2D eigenvalue weighted by Crippen LogP contribution is -2.23. The van der Waals surface area contributed by atoms with E-state index in [4.69, 9.17) is 17.3 Å². The van der Waals surface area contributed by atoms with E-state index >= 15 is 0 Å². The lowest BCUT2D eigenvalue weighted by Gasteiger charge is -2.27. The van der Waals surface area contributed by atoms with Gasteiger partial charge in [0.15, 0.2) is 0 Å². The second kappa shape index (κ2) is 5.27. The molecule has 0 aliphatic carbocycles. The highest BCUT2D eigenvalue weighted by Crippen LogP contribution is 2.29. The predicted molar refractivity (Wildman–Crippen MR) is 76.9 cm³/mol. The van der Waals surface area contributed by atoms with E-state index in [9.17, 15) is 0 Å². The van der Waals surface area contributed by atoms with Crippen LogP contribution in [-0.2, 0) is 0 Å². The molecule has 0 amide bonds. The molecule has 3 nitrogen and oxygen atoms in total. The van der Waals surface area contributed by atoms with Gasteiger partial charge in [-0.2, -0.15) is 0 Å². The standard InChI is InChI=1S/C14H16ClN3/c1-10(11-5-3-6-12(16)9-11)18(2)14-13(15)7-4-8-17-14/h3-10H,16H2,1-2H3. The molecule has 1 atom stereocenters. The van der Waals surface area contributed by atoms with Crippen LogP contribution >= 0.6 is 11.6 Å². The zero-order valence-corrected chi connectivity index (χ0v) is 11.2. The van der Waals surface area contributed by atoms with Gasteiger partial charge in [-0.15, -0.1) is 0 Å². The second-order valence-corrected chi connectivity index (χ2v) is 4.67. The molecule has 94 valence electrons. The number of nitrogens with zero attached hydrogens (tertiary/aromatic N) is 2. The van der Waals surface area contributed by atoms with E-state index in [0.717, 1.165) is 17.1 Å². The van der Waals surface area contributed by atoms with Gasteiger partial charge in [0.1, 0.15) is 5.82 Å². The van der Waals surface area contributed by atoms with E-state index in [0.29, 0.717) is 5.02 Å². The van der Waals surface area contributed by atoms with Gasteiger partial charge in [-0.1, -0.05) is 23.7 Å². The Kier molecular flexibility index (Phi) is 3.72. The molecule has 0 saturated carbocycles. The molecule has 0 fully saturated rings. The summed E-state index contributed by atoms with van der Waals surface area (Å²) >= 11 is 6.15. The fourth-order valence-corrected chi connectivity index (χ4v) is 2.12. The minimum absolute atomic E-state index is 0.154. The van der Waals surface area contributed by atoms with Crippen LogP contribution in [0.15, 0.2) is 42.6 Å². The molecule has 0 aliphatic heterocycles. The first-order valence-corrected chi connectivity index (χ1v) is 6.16. The summed E-state index contributed by atoms with van der Waals surface area (Å²) in [5.74, 6) is 0.772. The molecule has 1 unspecified atom stereocenters. The zero-order valence-electron chi connectivity index (χ0n) is 10.5. The molecular weight excluding hydrogens is 246 g/mol. The summed E-state index contributed by atoms with van der Waals surface area (Å²) in [5, 5.41) is 0.649. The third-order valence-corrected chi connectivity index (χ3v) is 3.34. The van der Waals surface area contributed by atoms with E-state index < -0.39 is 0 Å². The van der Waals surface area contributed by atoms with Crippen LogP contribution in [0.4, 0.5) is 11.5 Å². The van der Waals surface area contributed by atoms with Crippen LogP contribution in [-0.4, -0.2) is 12.0 Å². The molecule has 2 aromatic rings. The Morgan fingerprint density at radius 3 is 2.72 bits per heavy atom. The summed E-state index contributed by atoms with van der Waals surface area (Å²) in [4.78, 5) is 6.35. The molecule has 18 heavy (non-hydrogen) atoms. The Hall–Kier alpha value is -1.74. The lowest BCUT2D eigenvalue weighted by atomic mass is 10.1. The summed E-state index contributed by atoms with van der Waals surface area (Å²) in [5.41, 5.74) is 7.71. The van der Waals surface area contributed by atoms with E-state index in [1.807, 2.05) is 48.3 Å². The van der Waals surface area contributed by atoms with Crippen LogP contribution in [0.1, 0.15) is 18.5 Å². The van der Waals surface area contributed by atoms with E-state index in [1.165, 1.54) is 0 Å². The predicted octanol–water partition coefficient (Wildman–Crippen LogP) is 3.51. The highest BCUT2D eigenvalue weighted by Gasteiger charge is 2.15. The average molecular weight is 262 g/mol. The van der Waals surface area contributed by atoms with Crippen molar-refractivity contribution in [1.82, 2.24) is 4.98 Å². The van der Waals surface area contributed by atoms with Crippen molar-refractivity contribution in [2.24, 2.45) is 0 Å². The van der Waals surface area contributed by atoms with E-state index in [-0.39, 0.29) is 6.04 Å². The molecule has 0 aliphatic rings. The summed E-state index contributed by atoms with van der Waals surface area (Å²) in [6, 6.07) is 11.7. The van der Waals surface area contributed by atoms with Gasteiger partial charge in [-0.3, -0.25) is 0 Å². The van der Waals surface area contributed by atoms with Crippen molar-refractivity contribution < 1.29 is 0 Å². The van der Waals surface area contributed by atoms with Crippen molar-refractivity contribution >= 4 is 23.1 Å². The minimum Gasteiger partial charge on any atom is -0.399 e. The highest BCUT2D eigenvalue weighted by molar-refractivity contribution is 6.32. The summed E-state index contributed by atoms with van der Waals surface area (Å²) in [7, 11) is 1.97. The van der Waals surface area contributed by atoms with Crippen LogP contribution in [0.25, 0.3) is 0 Å². The number of nitrogens with two attached hydrogens (primary N) is 1. The lowest BCUT2D eigenvalue weighted by molar-refractivity contribution is 0.729. The van der Waals surface area contributed by atoms with Gasteiger partial charge in [0.2, 0.25) is 0 Å². The number of aromatic nitrogens is 1. The maximum atomic E-state index is 6.15. The average Bonchev–Trinajstić information content (AvgIpc) is 2.37. The van der Waals surface area contributed by atoms with Crippen molar-refractivity contribution in [2.45, 2.75) is 13.0 Å². The number of hydrogen-bond donors (Lipinski definition) is 1. The van der Waals surface area contributed by atoms with Crippen LogP contribution < -0.4 is 10.6 Å². The first-order valence-electron chi connectivity index (χ1n) is 5.78. The van der Waals surface area contributed by atoms with Crippen molar-refractivity contribution in [2.75, 3.05) is 17.7 Å². The van der Waals surface area contributed by atoms with Crippen LogP contribution in [0.3, 0.4) is 0 Å². The monoisotopic (exact) mass is 261 g/mol. The van der Waals surface area contributed by atoms with Gasteiger partial charge in [0, 0.05) is 18.9 Å². The Labute approximate surface area is 112 Å². The fourth-order valence-electron chi connectivity index (χ4n) is 1.86. The number of rotatable bonds is 3. The summed E-state index contributed by atoms with van der Waals surface area (Å²) < 4.78 is 0. The molecule has 2 N–H and O–H groups in total. The first kappa shape index (κ1) is 12.7. The summed E-state index contributed by atoms with van der Waals surface area (Å²) in [6.07, 6.45) is 1.74. The largest absolute Gasteiger partial charge is 0.399 e. The van der Waals surface area contributed by atoms with Gasteiger partial charge >= 0.3 is 0 Å². The summed E-state index contributed by atoms with van der Waals surface area (Å²) in [6.45, 7) is 2.10. The van der Waals surface area contributed by atoms with E-state index in [1.54, 1.807) is 6.20 Å². The smallest absolute Gasteiger partial charge is 0.147 e. The van der Waals surface area contributed by atoms with Crippen molar-refractivity contribution in [3.8, 4) is 0 Å². The maximum Gasteiger partial charge on any atom is 0.147 e. The Bertz CT molecular complexity index is 542. The maximum absolute atomic E-state index is 6.15. The minimum atomic E-state index is 0.154. The van der Waals surface area contributed by atoms with Gasteiger partial charge < -0.3 is 10.6 Å². The van der Waals surface area contributed by atoms with Crippen LogP contribution in [0, 0.1) is 0 Å². The Morgan fingerprint density at radius 2 is 2.06 bits per heavy atom. The topological polar surface area (TPSA) is 42.1 Å². The molecular formula is C14H16ClN3. The highest BCUT2D eigenvalue weighted by atomic mass is 35.5. The molecule has 0 spiro atoms. The molecule has 1 heterocycles.